The van der Waals surface area contributed by atoms with E-state index in [2.05, 4.69) is 9.71 Å². The fourth-order valence-electron chi connectivity index (χ4n) is 3.34. The van der Waals surface area contributed by atoms with Crippen LogP contribution in [0.15, 0.2) is 71.9 Å². The Morgan fingerprint density at radius 3 is 2.62 bits per heavy atom. The average molecular weight is 428 g/mol. The first kappa shape index (κ1) is 19.4. The second-order valence-electron chi connectivity index (χ2n) is 6.71. The van der Waals surface area contributed by atoms with Gasteiger partial charge in [0.25, 0.3) is 15.9 Å². The van der Waals surface area contributed by atoms with Crippen LogP contribution in [0.25, 0.3) is 0 Å². The summed E-state index contributed by atoms with van der Waals surface area (Å²) >= 11 is 5.82. The SMILES string of the molecule is O=C(c1cncc(NS(=O)(=O)c2ccc(Cl)cc2)c1)N1CCCc2ccccc21. The molecule has 0 bridgehead atoms. The normalized spacial score (nSPS) is 13.6. The molecule has 0 radical (unpaired) electrons. The van der Waals surface area contributed by atoms with E-state index >= 15 is 0 Å². The number of aromatic nitrogens is 1. The van der Waals surface area contributed by atoms with E-state index in [0.29, 0.717) is 17.1 Å². The molecular formula is C21H18ClN3O3S. The fourth-order valence-corrected chi connectivity index (χ4v) is 4.50. The fraction of sp³-hybridized carbons (Fsp3) is 0.143. The molecule has 0 aliphatic carbocycles. The Labute approximate surface area is 174 Å². The molecule has 0 saturated heterocycles. The van der Waals surface area contributed by atoms with Crippen molar-refractivity contribution in [2.75, 3.05) is 16.2 Å². The Bertz CT molecular complexity index is 1160. The smallest absolute Gasteiger partial charge is 0.261 e. The summed E-state index contributed by atoms with van der Waals surface area (Å²) in [6, 6.07) is 15.1. The lowest BCUT2D eigenvalue weighted by Crippen LogP contribution is -2.35. The molecule has 0 fully saturated rings. The molecular weight excluding hydrogens is 410 g/mol. The maximum Gasteiger partial charge on any atom is 0.261 e. The number of hydrogen-bond acceptors (Lipinski definition) is 4. The lowest BCUT2D eigenvalue weighted by molar-refractivity contribution is 0.0985. The molecule has 1 aromatic heterocycles. The van der Waals surface area contributed by atoms with Gasteiger partial charge in [0, 0.05) is 23.5 Å². The Morgan fingerprint density at radius 1 is 1.07 bits per heavy atom. The molecule has 6 nitrogen and oxygen atoms in total. The van der Waals surface area contributed by atoms with Crippen molar-refractivity contribution in [1.29, 1.82) is 0 Å². The van der Waals surface area contributed by atoms with Crippen LogP contribution in [-0.4, -0.2) is 25.9 Å². The Kier molecular flexibility index (Phi) is 5.25. The van der Waals surface area contributed by atoms with Gasteiger partial charge in [0.2, 0.25) is 0 Å². The van der Waals surface area contributed by atoms with Crippen molar-refractivity contribution in [2.24, 2.45) is 0 Å². The van der Waals surface area contributed by atoms with Gasteiger partial charge in [-0.3, -0.25) is 14.5 Å². The highest BCUT2D eigenvalue weighted by Crippen LogP contribution is 2.28. The number of aryl methyl sites for hydroxylation is 1. The number of carbonyl (C=O) groups excluding carboxylic acids is 1. The van der Waals surface area contributed by atoms with Crippen LogP contribution in [0.2, 0.25) is 5.02 Å². The zero-order chi connectivity index (χ0) is 20.4. The minimum Gasteiger partial charge on any atom is -0.308 e. The highest BCUT2D eigenvalue weighted by atomic mass is 35.5. The van der Waals surface area contributed by atoms with Gasteiger partial charge < -0.3 is 4.90 Å². The Hall–Kier alpha value is -2.90. The minimum absolute atomic E-state index is 0.0728. The van der Waals surface area contributed by atoms with E-state index in [9.17, 15) is 13.2 Å². The predicted octanol–water partition coefficient (Wildman–Crippen LogP) is 4.13. The summed E-state index contributed by atoms with van der Waals surface area (Å²) in [7, 11) is -3.82. The van der Waals surface area contributed by atoms with E-state index in [1.807, 2.05) is 24.3 Å². The van der Waals surface area contributed by atoms with Crippen LogP contribution in [0, 0.1) is 0 Å². The predicted molar refractivity (Wildman–Crippen MR) is 113 cm³/mol. The summed E-state index contributed by atoms with van der Waals surface area (Å²) in [6.45, 7) is 0.608. The average Bonchev–Trinajstić information content (AvgIpc) is 2.73. The van der Waals surface area contributed by atoms with Crippen LogP contribution in [0.4, 0.5) is 11.4 Å². The summed E-state index contributed by atoms with van der Waals surface area (Å²) in [5.41, 5.74) is 2.55. The molecule has 8 heteroatoms. The van der Waals surface area contributed by atoms with Crippen molar-refractivity contribution in [1.82, 2.24) is 4.98 Å². The second kappa shape index (κ2) is 7.85. The number of nitrogens with one attached hydrogen (secondary N) is 1. The van der Waals surface area contributed by atoms with E-state index < -0.39 is 10.0 Å². The number of sulfonamides is 1. The molecule has 0 saturated carbocycles. The van der Waals surface area contributed by atoms with Crippen LogP contribution in [0.3, 0.4) is 0 Å². The van der Waals surface area contributed by atoms with Gasteiger partial charge in [-0.25, -0.2) is 8.42 Å². The molecule has 0 unspecified atom stereocenters. The monoisotopic (exact) mass is 427 g/mol. The van der Waals surface area contributed by atoms with Gasteiger partial charge in [-0.15, -0.1) is 0 Å². The van der Waals surface area contributed by atoms with Gasteiger partial charge in [-0.1, -0.05) is 29.8 Å². The molecule has 1 N–H and O–H groups in total. The third-order valence-corrected chi connectivity index (χ3v) is 6.37. The number of rotatable bonds is 4. The molecule has 148 valence electrons. The molecule has 2 aromatic carbocycles. The maximum absolute atomic E-state index is 13.1. The first-order valence-corrected chi connectivity index (χ1v) is 10.9. The molecule has 0 atom stereocenters. The third kappa shape index (κ3) is 4.11. The van der Waals surface area contributed by atoms with Gasteiger partial charge in [-0.2, -0.15) is 0 Å². The van der Waals surface area contributed by atoms with E-state index in [0.717, 1.165) is 24.1 Å². The van der Waals surface area contributed by atoms with Crippen LogP contribution >= 0.6 is 11.6 Å². The van der Waals surface area contributed by atoms with Gasteiger partial charge >= 0.3 is 0 Å². The van der Waals surface area contributed by atoms with Crippen LogP contribution in [0.5, 0.6) is 0 Å². The van der Waals surface area contributed by atoms with Crippen molar-refractivity contribution in [3.63, 3.8) is 0 Å². The Balaban J connectivity index is 1.59. The highest BCUT2D eigenvalue weighted by Gasteiger charge is 2.24. The number of anilines is 2. The van der Waals surface area contributed by atoms with Crippen molar-refractivity contribution in [2.45, 2.75) is 17.7 Å². The van der Waals surface area contributed by atoms with Crippen molar-refractivity contribution >= 4 is 38.9 Å². The molecule has 1 amide bonds. The standard InChI is InChI=1S/C21H18ClN3O3S/c22-17-7-9-19(10-8-17)29(27,28)24-18-12-16(13-23-14-18)21(26)25-11-3-5-15-4-1-2-6-20(15)25/h1-2,4,6-10,12-14,24H,3,5,11H2. The topological polar surface area (TPSA) is 79.4 Å². The van der Waals surface area contributed by atoms with Gasteiger partial charge in [-0.05, 0) is 54.8 Å². The lowest BCUT2D eigenvalue weighted by atomic mass is 10.0. The number of fused-ring (bicyclic) bond motifs is 1. The van der Waals surface area contributed by atoms with E-state index in [4.69, 9.17) is 11.6 Å². The Morgan fingerprint density at radius 2 is 1.83 bits per heavy atom. The summed E-state index contributed by atoms with van der Waals surface area (Å²) in [5.74, 6) is -0.211. The zero-order valence-electron chi connectivity index (χ0n) is 15.4. The maximum atomic E-state index is 13.1. The number of pyridine rings is 1. The molecule has 1 aliphatic heterocycles. The first-order chi connectivity index (χ1) is 13.9. The zero-order valence-corrected chi connectivity index (χ0v) is 16.9. The van der Waals surface area contributed by atoms with E-state index in [-0.39, 0.29) is 16.5 Å². The lowest BCUT2D eigenvalue weighted by Gasteiger charge is -2.29. The van der Waals surface area contributed by atoms with Gasteiger partial charge in [0.05, 0.1) is 22.3 Å². The van der Waals surface area contributed by atoms with Gasteiger partial charge in [0.1, 0.15) is 0 Å². The van der Waals surface area contributed by atoms with Crippen LogP contribution in [0.1, 0.15) is 22.3 Å². The minimum atomic E-state index is -3.82. The van der Waals surface area contributed by atoms with Crippen LogP contribution < -0.4 is 9.62 Å². The summed E-state index contributed by atoms with van der Waals surface area (Å²) in [6.07, 6.45) is 4.62. The number of halogens is 1. The number of nitrogens with zero attached hydrogens (tertiary/aromatic N) is 2. The van der Waals surface area contributed by atoms with E-state index in [1.54, 1.807) is 4.90 Å². The molecule has 0 spiro atoms. The number of para-hydroxylation sites is 1. The molecule has 2 heterocycles. The third-order valence-electron chi connectivity index (χ3n) is 4.72. The first-order valence-electron chi connectivity index (χ1n) is 9.07. The number of hydrogen-bond donors (Lipinski definition) is 1. The molecule has 1 aliphatic rings. The largest absolute Gasteiger partial charge is 0.308 e. The summed E-state index contributed by atoms with van der Waals surface area (Å²) in [4.78, 5) is 18.9. The van der Waals surface area contributed by atoms with E-state index in [1.165, 1.54) is 42.7 Å². The number of amides is 1. The van der Waals surface area contributed by atoms with Crippen molar-refractivity contribution < 1.29 is 13.2 Å². The van der Waals surface area contributed by atoms with Crippen molar-refractivity contribution in [3.8, 4) is 0 Å². The molecule has 3 aromatic rings. The quantitative estimate of drug-likeness (QED) is 0.679. The second-order valence-corrected chi connectivity index (χ2v) is 8.83. The molecule has 4 rings (SSSR count). The number of benzene rings is 2. The van der Waals surface area contributed by atoms with Crippen molar-refractivity contribution in [3.05, 3.63) is 83.1 Å². The molecule has 29 heavy (non-hydrogen) atoms. The van der Waals surface area contributed by atoms with Gasteiger partial charge in [0.15, 0.2) is 0 Å². The summed E-state index contributed by atoms with van der Waals surface area (Å²) < 4.78 is 27.6. The number of carbonyl (C=O) groups is 1. The highest BCUT2D eigenvalue weighted by molar-refractivity contribution is 7.92. The summed E-state index contributed by atoms with van der Waals surface area (Å²) in [5, 5.41) is 0.444. The van der Waals surface area contributed by atoms with Crippen LogP contribution in [-0.2, 0) is 16.4 Å².